The van der Waals surface area contributed by atoms with Crippen LogP contribution in [0.15, 0.2) is 42.9 Å². The number of hydrogen-bond donors (Lipinski definition) is 2. The number of nitriles is 1. The Morgan fingerprint density at radius 1 is 1.23 bits per heavy atom. The normalized spacial score (nSPS) is 20.9. The van der Waals surface area contributed by atoms with Gasteiger partial charge in [-0.2, -0.15) is 5.26 Å². The zero-order valence-electron chi connectivity index (χ0n) is 17.4. The number of benzene rings is 1. The molecule has 7 nitrogen and oxygen atoms in total. The van der Waals surface area contributed by atoms with Gasteiger partial charge in [0, 0.05) is 31.3 Å². The molecule has 1 aliphatic carbocycles. The molecule has 31 heavy (non-hydrogen) atoms. The molecule has 0 bridgehead atoms. The summed E-state index contributed by atoms with van der Waals surface area (Å²) in [4.78, 5) is 13.5. The van der Waals surface area contributed by atoms with E-state index in [4.69, 9.17) is 5.26 Å². The first-order valence-electron chi connectivity index (χ1n) is 10.5. The van der Waals surface area contributed by atoms with Crippen LogP contribution in [0.1, 0.15) is 44.6 Å². The Morgan fingerprint density at radius 2 is 1.97 bits per heavy atom. The van der Waals surface area contributed by atoms with Crippen molar-refractivity contribution in [1.82, 2.24) is 19.5 Å². The van der Waals surface area contributed by atoms with E-state index < -0.39 is 5.60 Å². The Balaban J connectivity index is 1.72. The number of halogens is 1. The number of aliphatic hydroxyl groups is 1. The molecule has 2 aromatic heterocycles. The van der Waals surface area contributed by atoms with E-state index in [0.29, 0.717) is 31.6 Å². The van der Waals surface area contributed by atoms with Gasteiger partial charge in [0.15, 0.2) is 0 Å². The first-order chi connectivity index (χ1) is 15.0. The van der Waals surface area contributed by atoms with Gasteiger partial charge in [-0.05, 0) is 62.4 Å². The highest BCUT2D eigenvalue weighted by Gasteiger charge is 2.34. The van der Waals surface area contributed by atoms with Crippen molar-refractivity contribution >= 4 is 5.95 Å². The molecule has 0 aliphatic heterocycles. The first kappa shape index (κ1) is 20.9. The molecule has 2 heterocycles. The van der Waals surface area contributed by atoms with Crippen LogP contribution in [0.4, 0.5) is 10.3 Å². The van der Waals surface area contributed by atoms with Crippen LogP contribution in [0.3, 0.4) is 0 Å². The van der Waals surface area contributed by atoms with Crippen molar-refractivity contribution in [3.63, 3.8) is 0 Å². The maximum Gasteiger partial charge on any atom is 0.222 e. The van der Waals surface area contributed by atoms with E-state index in [1.54, 1.807) is 31.7 Å². The van der Waals surface area contributed by atoms with Crippen molar-refractivity contribution in [2.45, 2.75) is 50.2 Å². The third kappa shape index (κ3) is 4.42. The second-order valence-corrected chi connectivity index (χ2v) is 7.99. The van der Waals surface area contributed by atoms with Gasteiger partial charge in [0.2, 0.25) is 5.95 Å². The maximum absolute atomic E-state index is 13.5. The third-order valence-electron chi connectivity index (χ3n) is 6.01. The lowest BCUT2D eigenvalue weighted by Crippen LogP contribution is -2.34. The van der Waals surface area contributed by atoms with E-state index >= 15 is 0 Å². The summed E-state index contributed by atoms with van der Waals surface area (Å²) in [5.74, 6) is 0.206. The minimum atomic E-state index is -0.777. The lowest BCUT2D eigenvalue weighted by Gasteiger charge is -2.36. The standard InChI is InChI=1S/C23H25FN6O/c1-26-22-27-14-9-19(29-22)21-20(16-3-5-17(24)6-4-16)28-15-30(21)18-7-11-23(31,12-8-18)10-2-13-25/h3-6,9,14-15,18,31H,2,7-8,10-12H2,1H3,(H,26,27,29). The molecule has 4 rings (SSSR count). The SMILES string of the molecule is CNc1nccc(-c2c(-c3ccc(F)cc3)ncn2C2CCC(O)(CCC#N)CC2)n1. The number of rotatable bonds is 6. The lowest BCUT2D eigenvalue weighted by molar-refractivity contribution is -0.0134. The fourth-order valence-corrected chi connectivity index (χ4v) is 4.28. The number of nitrogens with one attached hydrogen (secondary N) is 1. The van der Waals surface area contributed by atoms with Crippen molar-refractivity contribution in [2.75, 3.05) is 12.4 Å². The van der Waals surface area contributed by atoms with Crippen molar-refractivity contribution in [2.24, 2.45) is 0 Å². The summed E-state index contributed by atoms with van der Waals surface area (Å²) in [5.41, 5.74) is 2.33. The Labute approximate surface area is 180 Å². The summed E-state index contributed by atoms with van der Waals surface area (Å²) in [5, 5.41) is 22.6. The van der Waals surface area contributed by atoms with Crippen LogP contribution >= 0.6 is 0 Å². The predicted molar refractivity (Wildman–Crippen MR) is 115 cm³/mol. The second-order valence-electron chi connectivity index (χ2n) is 7.99. The molecule has 0 atom stereocenters. The molecule has 0 saturated heterocycles. The predicted octanol–water partition coefficient (Wildman–Crippen LogP) is 4.34. The summed E-state index contributed by atoms with van der Waals surface area (Å²) in [6, 6.07) is 10.4. The van der Waals surface area contributed by atoms with Crippen LogP contribution in [0.2, 0.25) is 0 Å². The summed E-state index contributed by atoms with van der Waals surface area (Å²) in [7, 11) is 1.76. The summed E-state index contributed by atoms with van der Waals surface area (Å²) >= 11 is 0. The molecule has 1 fully saturated rings. The number of anilines is 1. The highest BCUT2D eigenvalue weighted by atomic mass is 19.1. The molecule has 160 valence electrons. The molecule has 2 N–H and O–H groups in total. The van der Waals surface area contributed by atoms with Crippen LogP contribution in [-0.4, -0.2) is 37.3 Å². The van der Waals surface area contributed by atoms with Crippen LogP contribution in [0, 0.1) is 17.1 Å². The smallest absolute Gasteiger partial charge is 0.222 e. The zero-order valence-corrected chi connectivity index (χ0v) is 17.4. The summed E-state index contributed by atoms with van der Waals surface area (Å²) in [6.07, 6.45) is 7.19. The van der Waals surface area contributed by atoms with E-state index in [-0.39, 0.29) is 11.9 Å². The molecule has 0 unspecified atom stereocenters. The van der Waals surface area contributed by atoms with Crippen LogP contribution in [0.5, 0.6) is 0 Å². The Kier molecular flexibility index (Phi) is 5.96. The molecule has 0 spiro atoms. The molecular formula is C23H25FN6O. The fraction of sp³-hybridized carbons (Fsp3) is 0.391. The second kappa shape index (κ2) is 8.82. The van der Waals surface area contributed by atoms with Gasteiger partial charge in [-0.3, -0.25) is 0 Å². The molecular weight excluding hydrogens is 395 g/mol. The molecule has 1 aliphatic rings. The Hall–Kier alpha value is -3.31. The first-order valence-corrected chi connectivity index (χ1v) is 10.5. The molecule has 8 heteroatoms. The van der Waals surface area contributed by atoms with Gasteiger partial charge >= 0.3 is 0 Å². The van der Waals surface area contributed by atoms with E-state index in [1.807, 2.05) is 6.07 Å². The van der Waals surface area contributed by atoms with E-state index in [1.165, 1.54) is 12.1 Å². The zero-order chi connectivity index (χ0) is 21.8. The summed E-state index contributed by atoms with van der Waals surface area (Å²) in [6.45, 7) is 0. The average Bonchev–Trinajstić information content (AvgIpc) is 3.24. The van der Waals surface area contributed by atoms with Gasteiger partial charge in [-0.15, -0.1) is 0 Å². The van der Waals surface area contributed by atoms with Gasteiger partial charge < -0.3 is 15.0 Å². The van der Waals surface area contributed by atoms with Gasteiger partial charge in [0.05, 0.1) is 35.1 Å². The van der Waals surface area contributed by atoms with Crippen LogP contribution in [0.25, 0.3) is 22.6 Å². The van der Waals surface area contributed by atoms with Crippen molar-refractivity contribution in [3.8, 4) is 28.7 Å². The van der Waals surface area contributed by atoms with E-state index in [9.17, 15) is 9.50 Å². The van der Waals surface area contributed by atoms with Gasteiger partial charge in [0.25, 0.3) is 0 Å². The van der Waals surface area contributed by atoms with Gasteiger partial charge in [-0.1, -0.05) is 0 Å². The topological polar surface area (TPSA) is 99.6 Å². The molecule has 1 aromatic carbocycles. The summed E-state index contributed by atoms with van der Waals surface area (Å²) < 4.78 is 15.6. The molecule has 0 radical (unpaired) electrons. The quantitative estimate of drug-likeness (QED) is 0.615. The van der Waals surface area contributed by atoms with Crippen LogP contribution < -0.4 is 5.32 Å². The highest BCUT2D eigenvalue weighted by molar-refractivity contribution is 5.77. The van der Waals surface area contributed by atoms with Crippen molar-refractivity contribution in [3.05, 3.63) is 48.7 Å². The largest absolute Gasteiger partial charge is 0.390 e. The molecule has 1 saturated carbocycles. The molecule has 3 aromatic rings. The monoisotopic (exact) mass is 420 g/mol. The highest BCUT2D eigenvalue weighted by Crippen LogP contribution is 2.41. The Morgan fingerprint density at radius 3 is 2.65 bits per heavy atom. The van der Waals surface area contributed by atoms with Crippen LogP contribution in [-0.2, 0) is 0 Å². The van der Waals surface area contributed by atoms with E-state index in [2.05, 4.69) is 30.9 Å². The number of aromatic nitrogens is 4. The minimum Gasteiger partial charge on any atom is -0.390 e. The third-order valence-corrected chi connectivity index (χ3v) is 6.01. The number of imidazole rings is 1. The van der Waals surface area contributed by atoms with Crippen molar-refractivity contribution < 1.29 is 9.50 Å². The molecule has 0 amide bonds. The maximum atomic E-state index is 13.5. The average molecular weight is 420 g/mol. The van der Waals surface area contributed by atoms with E-state index in [0.717, 1.165) is 35.5 Å². The number of nitrogens with zero attached hydrogens (tertiary/aromatic N) is 5. The lowest BCUT2D eigenvalue weighted by atomic mass is 9.79. The van der Waals surface area contributed by atoms with Crippen molar-refractivity contribution in [1.29, 1.82) is 5.26 Å². The van der Waals surface area contributed by atoms with Gasteiger partial charge in [-0.25, -0.2) is 19.3 Å². The minimum absolute atomic E-state index is 0.145. The van der Waals surface area contributed by atoms with Gasteiger partial charge in [0.1, 0.15) is 5.82 Å². The Bertz CT molecular complexity index is 1080. The fourth-order valence-electron chi connectivity index (χ4n) is 4.28. The number of hydrogen-bond acceptors (Lipinski definition) is 6.